The summed E-state index contributed by atoms with van der Waals surface area (Å²) in [7, 11) is 0. The Labute approximate surface area is 150 Å². The van der Waals surface area contributed by atoms with E-state index in [-0.39, 0.29) is 12.5 Å². The predicted molar refractivity (Wildman–Crippen MR) is 95.5 cm³/mol. The van der Waals surface area contributed by atoms with Gasteiger partial charge in [-0.25, -0.2) is 5.01 Å². The van der Waals surface area contributed by atoms with Gasteiger partial charge in [0.1, 0.15) is 11.9 Å². The first-order valence-electron chi connectivity index (χ1n) is 7.82. The van der Waals surface area contributed by atoms with Crippen LogP contribution < -0.4 is 15.5 Å². The minimum absolute atomic E-state index is 0.192. The van der Waals surface area contributed by atoms with Crippen molar-refractivity contribution >= 4 is 29.1 Å². The number of hydrogen-bond donors (Lipinski definition) is 2. The van der Waals surface area contributed by atoms with Gasteiger partial charge in [-0.15, -0.1) is 0 Å². The van der Waals surface area contributed by atoms with Crippen molar-refractivity contribution < 1.29 is 14.3 Å². The van der Waals surface area contributed by atoms with Gasteiger partial charge >= 0.3 is 0 Å². The quantitative estimate of drug-likeness (QED) is 0.880. The Morgan fingerprint density at radius 2 is 2.12 bits per heavy atom. The molecule has 0 spiro atoms. The Hall–Kier alpha value is -2.73. The van der Waals surface area contributed by atoms with Gasteiger partial charge in [-0.3, -0.25) is 15.0 Å². The molecule has 1 aliphatic heterocycles. The zero-order valence-electron chi connectivity index (χ0n) is 13.9. The van der Waals surface area contributed by atoms with Gasteiger partial charge in [-0.1, -0.05) is 23.7 Å². The summed E-state index contributed by atoms with van der Waals surface area (Å²) >= 11 is 5.96. The standard InChI is InChI=1S/C18H18ClN3O3/c1-11-4-3-5-14(8-11)25-10-17(23)21-22-12(2)20-16-7-6-13(19)9-15(16)18(22)24/h3-9,12,20H,10H2,1-2H3,(H,21,23). The second-order valence-corrected chi connectivity index (χ2v) is 6.26. The first-order chi connectivity index (χ1) is 11.9. The van der Waals surface area contributed by atoms with Crippen molar-refractivity contribution in [2.45, 2.75) is 20.0 Å². The molecular weight excluding hydrogens is 342 g/mol. The summed E-state index contributed by atoms with van der Waals surface area (Å²) < 4.78 is 5.46. The lowest BCUT2D eigenvalue weighted by molar-refractivity contribution is -0.127. The summed E-state index contributed by atoms with van der Waals surface area (Å²) in [6.45, 7) is 3.52. The van der Waals surface area contributed by atoms with Gasteiger partial charge in [-0.2, -0.15) is 0 Å². The number of hydrazine groups is 1. The van der Waals surface area contributed by atoms with Crippen LogP contribution >= 0.6 is 11.6 Å². The number of anilines is 1. The molecule has 0 saturated heterocycles. The highest BCUT2D eigenvalue weighted by Crippen LogP contribution is 2.27. The lowest BCUT2D eigenvalue weighted by Crippen LogP contribution is -2.56. The number of carbonyl (C=O) groups is 2. The van der Waals surface area contributed by atoms with Crippen LogP contribution in [0.4, 0.5) is 5.69 Å². The molecule has 25 heavy (non-hydrogen) atoms. The molecule has 2 N–H and O–H groups in total. The molecule has 0 bridgehead atoms. The highest BCUT2D eigenvalue weighted by molar-refractivity contribution is 6.31. The predicted octanol–water partition coefficient (Wildman–Crippen LogP) is 2.97. The Kier molecular flexibility index (Phi) is 4.81. The maximum Gasteiger partial charge on any atom is 0.276 e. The average Bonchev–Trinajstić information content (AvgIpc) is 2.58. The third-order valence-electron chi connectivity index (χ3n) is 3.79. The molecule has 0 fully saturated rings. The third-order valence-corrected chi connectivity index (χ3v) is 4.02. The van der Waals surface area contributed by atoms with Crippen LogP contribution in [-0.2, 0) is 4.79 Å². The molecule has 2 amide bonds. The number of nitrogens with one attached hydrogen (secondary N) is 2. The van der Waals surface area contributed by atoms with Crippen LogP contribution in [0.25, 0.3) is 0 Å². The summed E-state index contributed by atoms with van der Waals surface area (Å²) in [4.78, 5) is 24.8. The third kappa shape index (κ3) is 3.85. The van der Waals surface area contributed by atoms with Crippen molar-refractivity contribution in [3.63, 3.8) is 0 Å². The summed E-state index contributed by atoms with van der Waals surface area (Å²) in [6, 6.07) is 12.4. The van der Waals surface area contributed by atoms with E-state index in [0.717, 1.165) is 5.56 Å². The van der Waals surface area contributed by atoms with Gasteiger partial charge in [0.2, 0.25) is 0 Å². The number of halogens is 1. The molecule has 1 aliphatic rings. The smallest absolute Gasteiger partial charge is 0.276 e. The van der Waals surface area contributed by atoms with E-state index in [4.69, 9.17) is 16.3 Å². The molecule has 1 atom stereocenters. The Morgan fingerprint density at radius 1 is 1.32 bits per heavy atom. The van der Waals surface area contributed by atoms with Crippen LogP contribution in [0.1, 0.15) is 22.8 Å². The van der Waals surface area contributed by atoms with Gasteiger partial charge < -0.3 is 10.1 Å². The lowest BCUT2D eigenvalue weighted by Gasteiger charge is -2.35. The maximum atomic E-state index is 12.6. The van der Waals surface area contributed by atoms with Gasteiger partial charge in [0, 0.05) is 10.7 Å². The fourth-order valence-corrected chi connectivity index (χ4v) is 2.75. The number of fused-ring (bicyclic) bond motifs is 1. The van der Waals surface area contributed by atoms with Gasteiger partial charge in [0.05, 0.1) is 5.56 Å². The first-order valence-corrected chi connectivity index (χ1v) is 8.20. The molecule has 0 radical (unpaired) electrons. The molecule has 3 rings (SSSR count). The highest BCUT2D eigenvalue weighted by Gasteiger charge is 2.30. The number of hydrogen-bond acceptors (Lipinski definition) is 4. The fraction of sp³-hybridized carbons (Fsp3) is 0.222. The van der Waals surface area contributed by atoms with Crippen LogP contribution in [0.2, 0.25) is 5.02 Å². The molecule has 0 aliphatic carbocycles. The number of aryl methyl sites for hydroxylation is 1. The number of amides is 2. The minimum atomic E-state index is -0.422. The van der Waals surface area contributed by atoms with E-state index in [1.807, 2.05) is 25.1 Å². The number of carbonyl (C=O) groups excluding carboxylic acids is 2. The van der Waals surface area contributed by atoms with Crippen molar-refractivity contribution in [1.82, 2.24) is 10.4 Å². The Balaban J connectivity index is 1.65. The van der Waals surface area contributed by atoms with E-state index in [9.17, 15) is 9.59 Å². The molecule has 2 aromatic carbocycles. The van der Waals surface area contributed by atoms with Gasteiger partial charge in [0.25, 0.3) is 11.8 Å². The maximum absolute atomic E-state index is 12.6. The number of ether oxygens (including phenoxy) is 1. The minimum Gasteiger partial charge on any atom is -0.484 e. The SMILES string of the molecule is Cc1cccc(OCC(=O)NN2C(=O)c3cc(Cl)ccc3NC2C)c1. The van der Waals surface area contributed by atoms with E-state index in [2.05, 4.69) is 10.7 Å². The molecule has 0 saturated carbocycles. The topological polar surface area (TPSA) is 70.7 Å². The molecule has 7 heteroatoms. The molecule has 2 aromatic rings. The van der Waals surface area contributed by atoms with E-state index in [1.165, 1.54) is 5.01 Å². The normalized spacial score (nSPS) is 16.0. The molecule has 130 valence electrons. The van der Waals surface area contributed by atoms with Crippen molar-refractivity contribution in [2.24, 2.45) is 0 Å². The van der Waals surface area contributed by atoms with Crippen LogP contribution in [-0.4, -0.2) is 29.6 Å². The summed E-state index contributed by atoms with van der Waals surface area (Å²) in [6.07, 6.45) is -0.399. The highest BCUT2D eigenvalue weighted by atomic mass is 35.5. The largest absolute Gasteiger partial charge is 0.484 e. The van der Waals surface area contributed by atoms with Crippen molar-refractivity contribution in [3.05, 3.63) is 58.6 Å². The van der Waals surface area contributed by atoms with Gasteiger partial charge in [0.15, 0.2) is 6.61 Å². The lowest BCUT2D eigenvalue weighted by atomic mass is 10.1. The fourth-order valence-electron chi connectivity index (χ4n) is 2.58. The second kappa shape index (κ2) is 7.03. The Bertz CT molecular complexity index is 825. The first kappa shape index (κ1) is 17.1. The molecule has 0 aromatic heterocycles. The van der Waals surface area contributed by atoms with Crippen LogP contribution in [0.5, 0.6) is 5.75 Å². The van der Waals surface area contributed by atoms with Crippen molar-refractivity contribution in [1.29, 1.82) is 0 Å². The monoisotopic (exact) mass is 359 g/mol. The molecular formula is C18H18ClN3O3. The summed E-state index contributed by atoms with van der Waals surface area (Å²) in [5.41, 5.74) is 4.71. The van der Waals surface area contributed by atoms with Crippen LogP contribution in [0.15, 0.2) is 42.5 Å². The van der Waals surface area contributed by atoms with Crippen LogP contribution in [0, 0.1) is 6.92 Å². The van der Waals surface area contributed by atoms with E-state index >= 15 is 0 Å². The number of rotatable bonds is 4. The molecule has 1 heterocycles. The van der Waals surface area contributed by atoms with Crippen molar-refractivity contribution in [2.75, 3.05) is 11.9 Å². The van der Waals surface area contributed by atoms with E-state index < -0.39 is 12.1 Å². The average molecular weight is 360 g/mol. The zero-order valence-corrected chi connectivity index (χ0v) is 14.6. The zero-order chi connectivity index (χ0) is 18.0. The van der Waals surface area contributed by atoms with E-state index in [1.54, 1.807) is 31.2 Å². The van der Waals surface area contributed by atoms with Gasteiger partial charge in [-0.05, 0) is 49.7 Å². The summed E-state index contributed by atoms with van der Waals surface area (Å²) in [5, 5.41) is 4.84. The van der Waals surface area contributed by atoms with E-state index in [0.29, 0.717) is 22.0 Å². The van der Waals surface area contributed by atoms with Crippen LogP contribution in [0.3, 0.4) is 0 Å². The summed E-state index contributed by atoms with van der Waals surface area (Å²) in [5.74, 6) is -0.148. The number of nitrogens with zero attached hydrogens (tertiary/aromatic N) is 1. The van der Waals surface area contributed by atoms with Crippen molar-refractivity contribution in [3.8, 4) is 5.75 Å². The number of benzene rings is 2. The second-order valence-electron chi connectivity index (χ2n) is 5.83. The molecule has 6 nitrogen and oxygen atoms in total. The Morgan fingerprint density at radius 3 is 2.88 bits per heavy atom. The molecule has 1 unspecified atom stereocenters.